The summed E-state index contributed by atoms with van der Waals surface area (Å²) in [5, 5.41) is 2.86. The van der Waals surface area contributed by atoms with E-state index in [-0.39, 0.29) is 23.1 Å². The highest BCUT2D eigenvalue weighted by atomic mass is 16.5. The van der Waals surface area contributed by atoms with Gasteiger partial charge < -0.3 is 15.0 Å². The lowest BCUT2D eigenvalue weighted by molar-refractivity contribution is 0.0623. The average molecular weight is 312 g/mol. The molecule has 1 saturated heterocycles. The Balaban J connectivity index is 1.77. The minimum absolute atomic E-state index is 0.0209. The fraction of sp³-hybridized carbons (Fsp3) is 0.333. The van der Waals surface area contributed by atoms with E-state index in [1.807, 2.05) is 31.2 Å². The molecule has 120 valence electrons. The second kappa shape index (κ2) is 6.79. The van der Waals surface area contributed by atoms with Crippen molar-refractivity contribution in [3.63, 3.8) is 0 Å². The van der Waals surface area contributed by atoms with Gasteiger partial charge in [0, 0.05) is 12.3 Å². The van der Waals surface area contributed by atoms with Gasteiger partial charge in [0.05, 0.1) is 12.6 Å². The summed E-state index contributed by atoms with van der Waals surface area (Å²) in [5.41, 5.74) is 2.53. The molecule has 1 aliphatic rings. The second-order valence-electron chi connectivity index (χ2n) is 5.87. The highest BCUT2D eigenvalue weighted by molar-refractivity contribution is 5.94. The number of H-pyrrole nitrogens is 1. The predicted octanol–water partition coefficient (Wildman–Crippen LogP) is 2.26. The van der Waals surface area contributed by atoms with E-state index < -0.39 is 0 Å². The number of nitrogens with one attached hydrogen (secondary N) is 2. The summed E-state index contributed by atoms with van der Waals surface area (Å²) in [5.74, 6) is -0.350. The van der Waals surface area contributed by atoms with Crippen molar-refractivity contribution < 1.29 is 9.53 Å². The zero-order valence-electron chi connectivity index (χ0n) is 13.1. The molecule has 0 spiro atoms. The molecule has 1 atom stereocenters. The molecular weight excluding hydrogens is 292 g/mol. The van der Waals surface area contributed by atoms with E-state index in [2.05, 4.69) is 10.3 Å². The van der Waals surface area contributed by atoms with Crippen molar-refractivity contribution in [2.75, 3.05) is 13.2 Å². The third-order valence-corrected chi connectivity index (χ3v) is 4.01. The van der Waals surface area contributed by atoms with Crippen molar-refractivity contribution in [3.8, 4) is 11.3 Å². The first-order valence-electron chi connectivity index (χ1n) is 7.82. The number of amides is 1. The number of hydrogen-bond acceptors (Lipinski definition) is 3. The Kier molecular flexibility index (Phi) is 4.57. The maximum atomic E-state index is 12.2. The van der Waals surface area contributed by atoms with Gasteiger partial charge in [-0.3, -0.25) is 9.59 Å². The highest BCUT2D eigenvalue weighted by Gasteiger charge is 2.19. The van der Waals surface area contributed by atoms with Crippen LogP contribution >= 0.6 is 0 Å². The van der Waals surface area contributed by atoms with Crippen LogP contribution in [0.5, 0.6) is 0 Å². The standard InChI is InChI=1S/C18H20N2O3/c1-12-4-6-13(7-5-12)16-9-8-15(18(22)20-16)17(21)19-14-3-2-10-23-11-14/h4-9,14H,2-3,10-11H2,1H3,(H,19,21)(H,20,22)/t14-/m0/s1. The van der Waals surface area contributed by atoms with E-state index in [9.17, 15) is 9.59 Å². The number of hydrogen-bond donors (Lipinski definition) is 2. The molecule has 0 bridgehead atoms. The number of carbonyl (C=O) groups excluding carboxylic acids is 1. The van der Waals surface area contributed by atoms with Crippen LogP contribution in [0.15, 0.2) is 41.2 Å². The molecule has 0 unspecified atom stereocenters. The summed E-state index contributed by atoms with van der Waals surface area (Å²) in [4.78, 5) is 27.2. The van der Waals surface area contributed by atoms with Crippen molar-refractivity contribution in [2.45, 2.75) is 25.8 Å². The Morgan fingerprint density at radius 1 is 1.22 bits per heavy atom. The smallest absolute Gasteiger partial charge is 0.261 e. The van der Waals surface area contributed by atoms with E-state index >= 15 is 0 Å². The molecule has 0 radical (unpaired) electrons. The molecule has 1 aliphatic heterocycles. The van der Waals surface area contributed by atoms with Crippen LogP contribution in [0.1, 0.15) is 28.8 Å². The summed E-state index contributed by atoms with van der Waals surface area (Å²) in [6, 6.07) is 11.2. The Morgan fingerprint density at radius 2 is 2.00 bits per heavy atom. The molecule has 1 aromatic carbocycles. The first-order chi connectivity index (χ1) is 11.1. The van der Waals surface area contributed by atoms with E-state index in [4.69, 9.17) is 4.74 Å². The lowest BCUT2D eigenvalue weighted by Gasteiger charge is -2.22. The van der Waals surface area contributed by atoms with Gasteiger partial charge in [-0.25, -0.2) is 0 Å². The molecule has 5 heteroatoms. The number of aromatic amines is 1. The predicted molar refractivity (Wildman–Crippen MR) is 88.5 cm³/mol. The van der Waals surface area contributed by atoms with Crippen molar-refractivity contribution in [3.05, 3.63) is 57.9 Å². The first-order valence-corrected chi connectivity index (χ1v) is 7.82. The van der Waals surface area contributed by atoms with Crippen molar-refractivity contribution >= 4 is 5.91 Å². The lowest BCUT2D eigenvalue weighted by atomic mass is 10.1. The number of rotatable bonds is 3. The molecular formula is C18H20N2O3. The summed E-state index contributed by atoms with van der Waals surface area (Å²) in [7, 11) is 0. The quantitative estimate of drug-likeness (QED) is 0.913. The number of benzene rings is 1. The number of ether oxygens (including phenoxy) is 1. The van der Waals surface area contributed by atoms with E-state index in [1.54, 1.807) is 12.1 Å². The van der Waals surface area contributed by atoms with E-state index in [1.165, 1.54) is 0 Å². The number of aromatic nitrogens is 1. The molecule has 2 N–H and O–H groups in total. The van der Waals surface area contributed by atoms with Gasteiger partial charge in [0.15, 0.2) is 0 Å². The molecule has 1 fully saturated rings. The molecule has 1 aromatic heterocycles. The van der Waals surface area contributed by atoms with Gasteiger partial charge in [-0.2, -0.15) is 0 Å². The van der Waals surface area contributed by atoms with Crippen molar-refractivity contribution in [2.24, 2.45) is 0 Å². The van der Waals surface area contributed by atoms with Crippen LogP contribution in [-0.4, -0.2) is 30.1 Å². The maximum Gasteiger partial charge on any atom is 0.261 e. The normalized spacial score (nSPS) is 17.7. The third-order valence-electron chi connectivity index (χ3n) is 4.01. The lowest BCUT2D eigenvalue weighted by Crippen LogP contribution is -2.42. The van der Waals surface area contributed by atoms with Gasteiger partial charge in [-0.05, 0) is 37.5 Å². The summed E-state index contributed by atoms with van der Waals surface area (Å²) >= 11 is 0. The molecule has 0 aliphatic carbocycles. The first kappa shape index (κ1) is 15.5. The molecule has 0 saturated carbocycles. The summed E-state index contributed by atoms with van der Waals surface area (Å²) < 4.78 is 5.33. The van der Waals surface area contributed by atoms with Crippen LogP contribution in [0.4, 0.5) is 0 Å². The zero-order valence-corrected chi connectivity index (χ0v) is 13.1. The SMILES string of the molecule is Cc1ccc(-c2ccc(C(=O)N[C@H]3CCCOC3)c(=O)[nH]2)cc1. The molecule has 2 heterocycles. The monoisotopic (exact) mass is 312 g/mol. The molecule has 3 rings (SSSR count). The van der Waals surface area contributed by atoms with Crippen LogP contribution in [0.3, 0.4) is 0 Å². The minimum atomic E-state index is -0.377. The molecule has 23 heavy (non-hydrogen) atoms. The van der Waals surface area contributed by atoms with Gasteiger partial charge in [-0.1, -0.05) is 29.8 Å². The zero-order chi connectivity index (χ0) is 16.2. The van der Waals surface area contributed by atoms with Gasteiger partial charge in [-0.15, -0.1) is 0 Å². The van der Waals surface area contributed by atoms with Gasteiger partial charge in [0.25, 0.3) is 11.5 Å². The second-order valence-corrected chi connectivity index (χ2v) is 5.87. The minimum Gasteiger partial charge on any atom is -0.379 e. The molecule has 5 nitrogen and oxygen atoms in total. The maximum absolute atomic E-state index is 12.2. The number of aryl methyl sites for hydroxylation is 1. The van der Waals surface area contributed by atoms with Crippen LogP contribution in [0, 0.1) is 6.92 Å². The average Bonchev–Trinajstić information content (AvgIpc) is 2.56. The summed E-state index contributed by atoms with van der Waals surface area (Å²) in [6.07, 6.45) is 1.80. The Labute approximate surface area is 134 Å². The third kappa shape index (κ3) is 3.68. The number of carbonyl (C=O) groups is 1. The topological polar surface area (TPSA) is 71.2 Å². The highest BCUT2D eigenvalue weighted by Crippen LogP contribution is 2.16. The van der Waals surface area contributed by atoms with Gasteiger partial charge in [0.2, 0.25) is 0 Å². The Hall–Kier alpha value is -2.40. The van der Waals surface area contributed by atoms with E-state index in [0.717, 1.165) is 30.6 Å². The van der Waals surface area contributed by atoms with Crippen LogP contribution in [0.2, 0.25) is 0 Å². The van der Waals surface area contributed by atoms with Crippen molar-refractivity contribution in [1.82, 2.24) is 10.3 Å². The van der Waals surface area contributed by atoms with Crippen LogP contribution < -0.4 is 10.9 Å². The van der Waals surface area contributed by atoms with Gasteiger partial charge in [0.1, 0.15) is 5.56 Å². The Bertz CT molecular complexity index is 744. The Morgan fingerprint density at radius 3 is 2.65 bits per heavy atom. The summed E-state index contributed by atoms with van der Waals surface area (Å²) in [6.45, 7) is 3.25. The van der Waals surface area contributed by atoms with Gasteiger partial charge >= 0.3 is 0 Å². The van der Waals surface area contributed by atoms with Crippen molar-refractivity contribution in [1.29, 1.82) is 0 Å². The number of pyridine rings is 1. The van der Waals surface area contributed by atoms with E-state index in [0.29, 0.717) is 12.3 Å². The fourth-order valence-electron chi connectivity index (χ4n) is 2.67. The molecule has 1 amide bonds. The fourth-order valence-corrected chi connectivity index (χ4v) is 2.67. The largest absolute Gasteiger partial charge is 0.379 e. The van der Waals surface area contributed by atoms with Crippen LogP contribution in [-0.2, 0) is 4.74 Å². The van der Waals surface area contributed by atoms with Crippen LogP contribution in [0.25, 0.3) is 11.3 Å². The molecule has 2 aromatic rings.